The van der Waals surface area contributed by atoms with Crippen LogP contribution in [0.3, 0.4) is 0 Å². The van der Waals surface area contributed by atoms with Crippen LogP contribution in [-0.2, 0) is 17.5 Å². The minimum atomic E-state index is -4.40. The number of aromatic nitrogens is 3. The Kier molecular flexibility index (Phi) is 4.50. The number of hydrogen-bond acceptors (Lipinski definition) is 3. The van der Waals surface area contributed by atoms with Gasteiger partial charge >= 0.3 is 6.18 Å². The van der Waals surface area contributed by atoms with Crippen molar-refractivity contribution in [2.24, 2.45) is 0 Å². The molecule has 1 aromatic carbocycles. The smallest absolute Gasteiger partial charge is 0.347 e. The Balaban J connectivity index is 2.05. The van der Waals surface area contributed by atoms with Gasteiger partial charge < -0.3 is 9.72 Å². The van der Waals surface area contributed by atoms with Crippen molar-refractivity contribution in [3.8, 4) is 11.3 Å². The third-order valence-electron chi connectivity index (χ3n) is 3.72. The molecule has 0 bridgehead atoms. The van der Waals surface area contributed by atoms with E-state index in [2.05, 4.69) is 21.9 Å². The van der Waals surface area contributed by atoms with Crippen LogP contribution in [0.25, 0.3) is 16.9 Å². The molecule has 0 saturated heterocycles. The molecule has 0 aliphatic rings. The number of carbonyl (C=O) groups excluding carboxylic acids is 1. The van der Waals surface area contributed by atoms with Crippen molar-refractivity contribution in [1.82, 2.24) is 19.7 Å². The predicted molar refractivity (Wildman–Crippen MR) is 90.2 cm³/mol. The molecule has 0 saturated carbocycles. The van der Waals surface area contributed by atoms with Gasteiger partial charge in [0.15, 0.2) is 5.65 Å². The molecule has 0 unspecified atom stereocenters. The number of carbonyl (C=O) groups is 1. The van der Waals surface area contributed by atoms with Crippen molar-refractivity contribution in [2.75, 3.05) is 0 Å². The summed E-state index contributed by atoms with van der Waals surface area (Å²) in [5.41, 5.74) is 2.03. The van der Waals surface area contributed by atoms with Gasteiger partial charge in [-0.2, -0.15) is 13.2 Å². The highest BCUT2D eigenvalue weighted by Gasteiger charge is 2.30. The Morgan fingerprint density at radius 2 is 1.92 bits per heavy atom. The minimum absolute atomic E-state index is 0.158. The summed E-state index contributed by atoms with van der Waals surface area (Å²) < 4.78 is 40.1. The lowest BCUT2D eigenvalue weighted by molar-refractivity contribution is -0.137. The SMILES string of the molecule is C=CC(=O)NCc1cn2cc(C)nc2c(-c2ccc(C(F)(F)F)cc2)n1. The number of fused-ring (bicyclic) bond motifs is 1. The fourth-order valence-corrected chi connectivity index (χ4v) is 2.52. The van der Waals surface area contributed by atoms with Gasteiger partial charge in [0.1, 0.15) is 5.69 Å². The van der Waals surface area contributed by atoms with Gasteiger partial charge in [0.2, 0.25) is 5.91 Å². The summed E-state index contributed by atoms with van der Waals surface area (Å²) in [6, 6.07) is 4.74. The molecule has 1 amide bonds. The Hall–Kier alpha value is -3.16. The van der Waals surface area contributed by atoms with Crippen molar-refractivity contribution < 1.29 is 18.0 Å². The topological polar surface area (TPSA) is 59.3 Å². The standard InChI is InChI=1S/C18H15F3N4O/c1-3-15(26)22-8-14-10-25-9-11(2)23-17(25)16(24-14)12-4-6-13(7-5-12)18(19,20)21/h3-7,9-10H,1,8H2,2H3,(H,22,26). The van der Waals surface area contributed by atoms with Crippen molar-refractivity contribution >= 4 is 11.6 Å². The van der Waals surface area contributed by atoms with Gasteiger partial charge in [0.05, 0.1) is 23.5 Å². The maximum atomic E-state index is 12.8. The Morgan fingerprint density at radius 1 is 1.23 bits per heavy atom. The first-order valence-electron chi connectivity index (χ1n) is 7.71. The number of alkyl halides is 3. The highest BCUT2D eigenvalue weighted by atomic mass is 19.4. The second-order valence-corrected chi connectivity index (χ2v) is 5.69. The van der Waals surface area contributed by atoms with Crippen molar-refractivity contribution in [2.45, 2.75) is 19.6 Å². The number of amides is 1. The molecule has 5 nitrogen and oxygen atoms in total. The van der Waals surface area contributed by atoms with E-state index in [0.717, 1.165) is 23.9 Å². The van der Waals surface area contributed by atoms with Gasteiger partial charge in [-0.1, -0.05) is 18.7 Å². The van der Waals surface area contributed by atoms with E-state index in [9.17, 15) is 18.0 Å². The second-order valence-electron chi connectivity index (χ2n) is 5.69. The zero-order valence-corrected chi connectivity index (χ0v) is 13.8. The molecule has 0 aliphatic carbocycles. The molecule has 26 heavy (non-hydrogen) atoms. The fraction of sp³-hybridized carbons (Fsp3) is 0.167. The summed E-state index contributed by atoms with van der Waals surface area (Å²) in [6.07, 6.45) is 0.244. The first-order valence-corrected chi connectivity index (χ1v) is 7.71. The van der Waals surface area contributed by atoms with E-state index < -0.39 is 11.7 Å². The molecule has 0 atom stereocenters. The lowest BCUT2D eigenvalue weighted by Crippen LogP contribution is -2.21. The van der Waals surface area contributed by atoms with Gasteiger partial charge in [0.25, 0.3) is 0 Å². The maximum absolute atomic E-state index is 12.8. The molecule has 3 rings (SSSR count). The Morgan fingerprint density at radius 3 is 2.54 bits per heavy atom. The molecule has 134 valence electrons. The number of rotatable bonds is 4. The van der Waals surface area contributed by atoms with E-state index in [1.165, 1.54) is 12.1 Å². The monoisotopic (exact) mass is 360 g/mol. The van der Waals surface area contributed by atoms with Crippen LogP contribution in [0.1, 0.15) is 17.0 Å². The summed E-state index contributed by atoms with van der Waals surface area (Å²) in [5, 5.41) is 2.63. The third-order valence-corrected chi connectivity index (χ3v) is 3.72. The number of nitrogens with one attached hydrogen (secondary N) is 1. The molecule has 0 radical (unpaired) electrons. The number of nitrogens with zero attached hydrogens (tertiary/aromatic N) is 3. The van der Waals surface area contributed by atoms with Crippen LogP contribution in [0.4, 0.5) is 13.2 Å². The molecular formula is C18H15F3N4O. The fourth-order valence-electron chi connectivity index (χ4n) is 2.52. The van der Waals surface area contributed by atoms with Gasteiger partial charge in [-0.25, -0.2) is 9.97 Å². The zero-order valence-electron chi connectivity index (χ0n) is 13.8. The molecule has 0 spiro atoms. The molecule has 1 N–H and O–H groups in total. The van der Waals surface area contributed by atoms with Gasteiger partial charge in [-0.3, -0.25) is 4.79 Å². The maximum Gasteiger partial charge on any atom is 0.416 e. The molecular weight excluding hydrogens is 345 g/mol. The Bertz CT molecular complexity index is 975. The van der Waals surface area contributed by atoms with Crippen molar-refractivity contribution in [3.05, 3.63) is 66.3 Å². The van der Waals surface area contributed by atoms with Crippen molar-refractivity contribution in [3.63, 3.8) is 0 Å². The van der Waals surface area contributed by atoms with Crippen LogP contribution in [0.2, 0.25) is 0 Å². The highest BCUT2D eigenvalue weighted by Crippen LogP contribution is 2.31. The van der Waals surface area contributed by atoms with Crippen molar-refractivity contribution in [1.29, 1.82) is 0 Å². The minimum Gasteiger partial charge on any atom is -0.347 e. The Labute approximate surface area is 147 Å². The van der Waals surface area contributed by atoms with Crippen LogP contribution < -0.4 is 5.32 Å². The first kappa shape index (κ1) is 17.7. The predicted octanol–water partition coefficient (Wildman–Crippen LogP) is 3.53. The number of aryl methyl sites for hydroxylation is 1. The number of imidazole rings is 1. The molecule has 2 aromatic heterocycles. The molecule has 8 heteroatoms. The van der Waals surface area contributed by atoms with Crippen LogP contribution >= 0.6 is 0 Å². The van der Waals surface area contributed by atoms with Crippen LogP contribution in [-0.4, -0.2) is 20.3 Å². The van der Waals surface area contributed by atoms with E-state index >= 15 is 0 Å². The lowest BCUT2D eigenvalue weighted by Gasteiger charge is -2.10. The number of hydrogen-bond donors (Lipinski definition) is 1. The highest BCUT2D eigenvalue weighted by molar-refractivity contribution is 5.86. The van der Waals surface area contributed by atoms with Crippen LogP contribution in [0.5, 0.6) is 0 Å². The second kappa shape index (κ2) is 6.62. The summed E-state index contributed by atoms with van der Waals surface area (Å²) in [7, 11) is 0. The third kappa shape index (κ3) is 3.58. The molecule has 3 aromatic rings. The van der Waals surface area contributed by atoms with E-state index in [1.807, 2.05) is 6.92 Å². The lowest BCUT2D eigenvalue weighted by atomic mass is 10.1. The number of halogens is 3. The van der Waals surface area contributed by atoms with E-state index in [0.29, 0.717) is 22.6 Å². The largest absolute Gasteiger partial charge is 0.416 e. The van der Waals surface area contributed by atoms with E-state index in [-0.39, 0.29) is 12.5 Å². The number of benzene rings is 1. The summed E-state index contributed by atoms with van der Waals surface area (Å²) >= 11 is 0. The van der Waals surface area contributed by atoms with E-state index in [1.54, 1.807) is 16.8 Å². The van der Waals surface area contributed by atoms with Gasteiger partial charge in [-0.15, -0.1) is 0 Å². The first-order chi connectivity index (χ1) is 12.3. The van der Waals surface area contributed by atoms with E-state index in [4.69, 9.17) is 0 Å². The normalized spacial score (nSPS) is 11.5. The summed E-state index contributed by atoms with van der Waals surface area (Å²) in [5.74, 6) is -0.343. The summed E-state index contributed by atoms with van der Waals surface area (Å²) in [6.45, 7) is 5.35. The van der Waals surface area contributed by atoms with Gasteiger partial charge in [0, 0.05) is 18.0 Å². The quantitative estimate of drug-likeness (QED) is 0.724. The zero-order chi connectivity index (χ0) is 18.9. The molecule has 2 heterocycles. The molecule has 0 fully saturated rings. The van der Waals surface area contributed by atoms with Crippen LogP contribution in [0.15, 0.2) is 49.3 Å². The van der Waals surface area contributed by atoms with Gasteiger partial charge in [-0.05, 0) is 25.1 Å². The summed E-state index contributed by atoms with van der Waals surface area (Å²) in [4.78, 5) is 20.2. The molecule has 0 aliphatic heterocycles. The average molecular weight is 360 g/mol. The van der Waals surface area contributed by atoms with Crippen LogP contribution in [0, 0.1) is 6.92 Å². The average Bonchev–Trinajstić information content (AvgIpc) is 2.98.